The number of amides is 1. The van der Waals surface area contributed by atoms with Crippen molar-refractivity contribution in [2.24, 2.45) is 5.92 Å². The smallest absolute Gasteiger partial charge is 0.258 e. The van der Waals surface area contributed by atoms with Gasteiger partial charge in [0.15, 0.2) is 0 Å². The normalized spacial score (nSPS) is 15.1. The van der Waals surface area contributed by atoms with E-state index in [1.54, 1.807) is 5.38 Å². The highest BCUT2D eigenvalue weighted by atomic mass is 79.9. The molecule has 0 atom stereocenters. The van der Waals surface area contributed by atoms with Crippen LogP contribution in [0.25, 0.3) is 21.1 Å². The summed E-state index contributed by atoms with van der Waals surface area (Å²) in [6.45, 7) is 0.908. The zero-order valence-electron chi connectivity index (χ0n) is 16.3. The summed E-state index contributed by atoms with van der Waals surface area (Å²) in [6, 6.07) is 5.91. The largest absolute Gasteiger partial charge is 0.382 e. The highest BCUT2D eigenvalue weighted by Gasteiger charge is 2.20. The van der Waals surface area contributed by atoms with Crippen LogP contribution in [0.5, 0.6) is 0 Å². The molecule has 1 aliphatic rings. The quantitative estimate of drug-likeness (QED) is 0.413. The molecule has 1 fully saturated rings. The zero-order valence-corrected chi connectivity index (χ0v) is 18.7. The fourth-order valence-electron chi connectivity index (χ4n) is 4.26. The number of nitrogens with zero attached hydrogens (tertiary/aromatic N) is 4. The number of benzene rings is 1. The van der Waals surface area contributed by atoms with Crippen LogP contribution >= 0.6 is 27.3 Å². The van der Waals surface area contributed by atoms with E-state index in [2.05, 4.69) is 42.0 Å². The Morgan fingerprint density at radius 1 is 1.27 bits per heavy atom. The van der Waals surface area contributed by atoms with Crippen molar-refractivity contribution in [1.82, 2.24) is 19.7 Å². The predicted molar refractivity (Wildman–Crippen MR) is 124 cm³/mol. The molecule has 9 heteroatoms. The van der Waals surface area contributed by atoms with Gasteiger partial charge in [0, 0.05) is 11.9 Å². The summed E-state index contributed by atoms with van der Waals surface area (Å²) in [5, 5.41) is 10.4. The van der Waals surface area contributed by atoms with E-state index >= 15 is 0 Å². The minimum absolute atomic E-state index is 0.223. The Labute approximate surface area is 185 Å². The molecule has 3 N–H and O–H groups in total. The summed E-state index contributed by atoms with van der Waals surface area (Å²) in [7, 11) is 0. The van der Waals surface area contributed by atoms with Crippen molar-refractivity contribution in [3.05, 3.63) is 40.1 Å². The molecule has 4 aromatic rings. The average Bonchev–Trinajstić information content (AvgIpc) is 3.32. The maximum atomic E-state index is 13.0. The first-order valence-electron chi connectivity index (χ1n) is 10.1. The van der Waals surface area contributed by atoms with Gasteiger partial charge in [-0.2, -0.15) is 5.10 Å². The van der Waals surface area contributed by atoms with Crippen LogP contribution in [0.1, 0.15) is 42.5 Å². The van der Waals surface area contributed by atoms with E-state index in [9.17, 15) is 4.79 Å². The molecule has 0 aliphatic heterocycles. The number of thiophene rings is 1. The minimum atomic E-state index is -0.223. The molecular weight excluding hydrogens is 464 g/mol. The molecular formula is C21H21BrN6OS. The second-order valence-electron chi connectivity index (χ2n) is 7.72. The van der Waals surface area contributed by atoms with Gasteiger partial charge in [-0.15, -0.1) is 11.3 Å². The molecule has 0 radical (unpaired) electrons. The van der Waals surface area contributed by atoms with E-state index in [1.807, 2.05) is 12.1 Å². The van der Waals surface area contributed by atoms with Crippen LogP contribution in [0.4, 0.5) is 11.5 Å². The molecule has 154 valence electrons. The first-order chi connectivity index (χ1) is 14.6. The van der Waals surface area contributed by atoms with Crippen LogP contribution in [-0.2, 0) is 6.54 Å². The van der Waals surface area contributed by atoms with Crippen LogP contribution in [0.3, 0.4) is 0 Å². The molecule has 1 saturated carbocycles. The van der Waals surface area contributed by atoms with Gasteiger partial charge in [-0.3, -0.25) is 9.48 Å². The summed E-state index contributed by atoms with van der Waals surface area (Å²) in [6.07, 6.45) is 7.83. The molecule has 0 bridgehead atoms. The van der Waals surface area contributed by atoms with Gasteiger partial charge in [0.25, 0.3) is 5.91 Å². The number of hydrogen-bond acceptors (Lipinski definition) is 6. The van der Waals surface area contributed by atoms with E-state index in [4.69, 9.17) is 10.8 Å². The van der Waals surface area contributed by atoms with Crippen molar-refractivity contribution >= 4 is 65.8 Å². The van der Waals surface area contributed by atoms with Crippen LogP contribution in [0, 0.1) is 5.92 Å². The molecule has 1 aliphatic carbocycles. The SMILES string of the molecule is Nc1ncnc2c(C(=O)Nc3cccc4c3c(Br)nn4CC3CCCCC3)csc12. The molecule has 0 unspecified atom stereocenters. The summed E-state index contributed by atoms with van der Waals surface area (Å²) >= 11 is 4.98. The molecule has 30 heavy (non-hydrogen) atoms. The Balaban J connectivity index is 1.47. The Morgan fingerprint density at radius 2 is 2.10 bits per heavy atom. The maximum absolute atomic E-state index is 13.0. The monoisotopic (exact) mass is 484 g/mol. The van der Waals surface area contributed by atoms with E-state index < -0.39 is 0 Å². The van der Waals surface area contributed by atoms with Crippen LogP contribution in [0.15, 0.2) is 34.5 Å². The third-order valence-corrected chi connectivity index (χ3v) is 7.31. The van der Waals surface area contributed by atoms with Gasteiger partial charge < -0.3 is 11.1 Å². The van der Waals surface area contributed by atoms with Gasteiger partial charge in [-0.05, 0) is 46.8 Å². The predicted octanol–water partition coefficient (Wildman–Crippen LogP) is 5.22. The number of nitrogen functional groups attached to an aromatic ring is 1. The first kappa shape index (κ1) is 19.4. The molecule has 3 aromatic heterocycles. The van der Waals surface area contributed by atoms with Crippen molar-refractivity contribution in [2.75, 3.05) is 11.1 Å². The third kappa shape index (κ3) is 3.45. The molecule has 1 amide bonds. The summed E-state index contributed by atoms with van der Waals surface area (Å²) in [5.74, 6) is 0.825. The Hall–Kier alpha value is -2.52. The van der Waals surface area contributed by atoms with Gasteiger partial charge in [-0.1, -0.05) is 25.3 Å². The van der Waals surface area contributed by atoms with Gasteiger partial charge in [0.05, 0.1) is 32.4 Å². The highest BCUT2D eigenvalue weighted by molar-refractivity contribution is 9.10. The number of rotatable bonds is 4. The fourth-order valence-corrected chi connectivity index (χ4v) is 5.77. The van der Waals surface area contributed by atoms with Crippen LogP contribution < -0.4 is 11.1 Å². The highest BCUT2D eigenvalue weighted by Crippen LogP contribution is 2.34. The number of nitrogens with two attached hydrogens (primary N) is 1. The van der Waals surface area contributed by atoms with Crippen molar-refractivity contribution < 1.29 is 4.79 Å². The second-order valence-corrected chi connectivity index (χ2v) is 9.35. The molecule has 3 heterocycles. The number of carbonyl (C=O) groups excluding carboxylic acids is 1. The van der Waals surface area contributed by atoms with Crippen LogP contribution in [0.2, 0.25) is 0 Å². The van der Waals surface area contributed by atoms with E-state index in [1.165, 1.54) is 49.8 Å². The zero-order chi connectivity index (χ0) is 20.7. The van der Waals surface area contributed by atoms with Crippen molar-refractivity contribution in [3.63, 3.8) is 0 Å². The Bertz CT molecular complexity index is 1240. The van der Waals surface area contributed by atoms with E-state index in [0.717, 1.165) is 32.4 Å². The number of nitrogens with one attached hydrogen (secondary N) is 1. The fraction of sp³-hybridized carbons (Fsp3) is 0.333. The number of aromatic nitrogens is 4. The van der Waals surface area contributed by atoms with Crippen molar-refractivity contribution in [1.29, 1.82) is 0 Å². The number of fused-ring (bicyclic) bond motifs is 2. The molecule has 0 spiro atoms. The minimum Gasteiger partial charge on any atom is -0.382 e. The van der Waals surface area contributed by atoms with Gasteiger partial charge in [0.2, 0.25) is 0 Å². The lowest BCUT2D eigenvalue weighted by molar-refractivity contribution is 0.102. The lowest BCUT2D eigenvalue weighted by Gasteiger charge is -2.21. The summed E-state index contributed by atoms with van der Waals surface area (Å²) in [4.78, 5) is 21.3. The number of anilines is 2. The van der Waals surface area contributed by atoms with E-state index in [-0.39, 0.29) is 5.91 Å². The Kier molecular flexibility index (Phi) is 5.16. The number of halogens is 1. The van der Waals surface area contributed by atoms with Crippen molar-refractivity contribution in [3.8, 4) is 0 Å². The summed E-state index contributed by atoms with van der Waals surface area (Å²) in [5.41, 5.74) is 8.72. The van der Waals surface area contributed by atoms with Gasteiger partial charge in [0.1, 0.15) is 16.7 Å². The van der Waals surface area contributed by atoms with E-state index in [0.29, 0.717) is 22.8 Å². The molecule has 5 rings (SSSR count). The van der Waals surface area contributed by atoms with Crippen LogP contribution in [-0.4, -0.2) is 25.7 Å². The number of hydrogen-bond donors (Lipinski definition) is 2. The first-order valence-corrected chi connectivity index (χ1v) is 11.7. The maximum Gasteiger partial charge on any atom is 0.258 e. The average molecular weight is 485 g/mol. The molecule has 7 nitrogen and oxygen atoms in total. The van der Waals surface area contributed by atoms with Gasteiger partial charge >= 0.3 is 0 Å². The Morgan fingerprint density at radius 3 is 2.93 bits per heavy atom. The standard InChI is InChI=1S/C21H21BrN6OS/c22-19-16-14(26-21(29)13-10-30-18-17(13)24-11-25-20(18)23)7-4-8-15(16)28(27-19)9-12-5-2-1-3-6-12/h4,7-8,10-12H,1-3,5-6,9H2,(H,26,29)(H2,23,24,25). The summed E-state index contributed by atoms with van der Waals surface area (Å²) < 4.78 is 3.53. The number of carbonyl (C=O) groups is 1. The van der Waals surface area contributed by atoms with Gasteiger partial charge in [-0.25, -0.2) is 9.97 Å². The third-order valence-electron chi connectivity index (χ3n) is 5.77. The second kappa shape index (κ2) is 7.96. The lowest BCUT2D eigenvalue weighted by Crippen LogP contribution is -2.15. The van der Waals surface area contributed by atoms with Crippen molar-refractivity contribution in [2.45, 2.75) is 38.6 Å². The molecule has 0 saturated heterocycles. The topological polar surface area (TPSA) is 98.7 Å². The molecule has 1 aromatic carbocycles. The lowest BCUT2D eigenvalue weighted by atomic mass is 9.89.